The lowest BCUT2D eigenvalue weighted by atomic mass is 9.72. The third-order valence-corrected chi connectivity index (χ3v) is 6.80. The van der Waals surface area contributed by atoms with Gasteiger partial charge in [0.15, 0.2) is 0 Å². The average Bonchev–Trinajstić information content (AvgIpc) is 2.64. The molecule has 0 radical (unpaired) electrons. The maximum atomic E-state index is 13.5. The van der Waals surface area contributed by atoms with E-state index < -0.39 is 5.41 Å². The number of halogens is 2. The summed E-state index contributed by atoms with van der Waals surface area (Å²) in [6.07, 6.45) is 4.08. The molecule has 1 aromatic heterocycles. The molecule has 1 spiro atoms. The average molecular weight is 432 g/mol. The number of pyridine rings is 1. The minimum absolute atomic E-state index is 0.146. The molecular formula is C23H27Cl2N3O. The van der Waals surface area contributed by atoms with Crippen LogP contribution in [0.2, 0.25) is 10.0 Å². The number of carbonyl (C=O) groups is 1. The van der Waals surface area contributed by atoms with E-state index in [2.05, 4.69) is 22.0 Å². The van der Waals surface area contributed by atoms with Crippen molar-refractivity contribution in [3.63, 3.8) is 0 Å². The summed E-state index contributed by atoms with van der Waals surface area (Å²) in [5.41, 5.74) is 2.64. The van der Waals surface area contributed by atoms with E-state index >= 15 is 0 Å². The maximum absolute atomic E-state index is 13.5. The number of hydrogen-bond donors (Lipinski definition) is 0. The summed E-state index contributed by atoms with van der Waals surface area (Å²) in [6, 6.07) is 9.60. The summed E-state index contributed by atoms with van der Waals surface area (Å²) in [5.74, 6) is 0.146. The monoisotopic (exact) mass is 431 g/mol. The van der Waals surface area contributed by atoms with Gasteiger partial charge in [0.05, 0.1) is 5.41 Å². The Morgan fingerprint density at radius 2 is 1.79 bits per heavy atom. The molecule has 2 aromatic rings. The summed E-state index contributed by atoms with van der Waals surface area (Å²) < 4.78 is 0. The number of nitrogens with zero attached hydrogens (tertiary/aromatic N) is 3. The normalized spacial score (nSPS) is 18.7. The summed E-state index contributed by atoms with van der Waals surface area (Å²) in [5, 5.41) is 1.12. The second-order valence-corrected chi connectivity index (χ2v) is 10.00. The Balaban J connectivity index is 1.48. The molecule has 0 aliphatic carbocycles. The Kier molecular flexibility index (Phi) is 5.28. The molecule has 1 amide bonds. The van der Waals surface area contributed by atoms with E-state index in [-0.39, 0.29) is 11.3 Å². The molecule has 29 heavy (non-hydrogen) atoms. The number of likely N-dealkylation sites (tertiary alicyclic amines) is 1. The molecule has 2 fully saturated rings. The number of anilines is 1. The zero-order valence-corrected chi connectivity index (χ0v) is 18.7. The Bertz CT molecular complexity index is 917. The molecule has 2 aliphatic rings. The molecule has 6 heteroatoms. The molecule has 3 heterocycles. The molecule has 4 nitrogen and oxygen atoms in total. The van der Waals surface area contributed by atoms with Crippen molar-refractivity contribution in [3.8, 4) is 0 Å². The summed E-state index contributed by atoms with van der Waals surface area (Å²) in [6.45, 7) is 9.55. The molecule has 2 aliphatic heterocycles. The Morgan fingerprint density at radius 1 is 1.10 bits per heavy atom. The van der Waals surface area contributed by atoms with E-state index in [1.165, 1.54) is 12.1 Å². The number of aryl methyl sites for hydroxylation is 1. The number of hydrogen-bond acceptors (Lipinski definition) is 3. The van der Waals surface area contributed by atoms with Crippen molar-refractivity contribution < 1.29 is 4.79 Å². The van der Waals surface area contributed by atoms with E-state index in [4.69, 9.17) is 23.2 Å². The first kappa shape index (κ1) is 20.5. The summed E-state index contributed by atoms with van der Waals surface area (Å²) in [4.78, 5) is 22.2. The molecule has 0 saturated carbocycles. The van der Waals surface area contributed by atoms with Crippen molar-refractivity contribution in [1.29, 1.82) is 0 Å². The van der Waals surface area contributed by atoms with Crippen molar-refractivity contribution >= 4 is 34.8 Å². The van der Waals surface area contributed by atoms with E-state index in [0.717, 1.165) is 43.9 Å². The minimum atomic E-state index is -0.668. The lowest BCUT2D eigenvalue weighted by Crippen LogP contribution is -2.64. The quantitative estimate of drug-likeness (QED) is 0.677. The highest BCUT2D eigenvalue weighted by molar-refractivity contribution is 6.34. The van der Waals surface area contributed by atoms with Crippen LogP contribution in [0.4, 0.5) is 5.69 Å². The predicted molar refractivity (Wildman–Crippen MR) is 119 cm³/mol. The van der Waals surface area contributed by atoms with Crippen LogP contribution in [0.15, 0.2) is 36.5 Å². The first-order valence-electron chi connectivity index (χ1n) is 10.1. The Hall–Kier alpha value is -1.78. The van der Waals surface area contributed by atoms with Crippen LogP contribution >= 0.6 is 23.2 Å². The van der Waals surface area contributed by atoms with Crippen LogP contribution in [-0.4, -0.2) is 42.0 Å². The summed E-state index contributed by atoms with van der Waals surface area (Å²) >= 11 is 12.4. The van der Waals surface area contributed by atoms with E-state index in [9.17, 15) is 4.79 Å². The van der Waals surface area contributed by atoms with Gasteiger partial charge in [-0.1, -0.05) is 23.2 Å². The van der Waals surface area contributed by atoms with Gasteiger partial charge in [-0.2, -0.15) is 0 Å². The number of benzene rings is 1. The molecule has 4 rings (SSSR count). The minimum Gasteiger partial charge on any atom is -0.370 e. The number of piperidine rings is 1. The van der Waals surface area contributed by atoms with Gasteiger partial charge in [-0.05, 0) is 69.5 Å². The van der Waals surface area contributed by atoms with Gasteiger partial charge >= 0.3 is 0 Å². The largest absolute Gasteiger partial charge is 0.370 e. The van der Waals surface area contributed by atoms with Crippen molar-refractivity contribution in [3.05, 3.63) is 57.8 Å². The van der Waals surface area contributed by atoms with Gasteiger partial charge in [0.1, 0.15) is 0 Å². The standard InChI is InChI=1S/C23H27Cl2N3O/c1-16-9-20(5-7-26-16)28-14-23(15-28)6-4-8-27(13-23)21(29)22(2,3)17-10-18(24)12-19(25)11-17/h5,7,9-12H,4,6,8,13-15H2,1-3H3. The highest BCUT2D eigenvalue weighted by atomic mass is 35.5. The molecule has 154 valence electrons. The van der Waals surface area contributed by atoms with E-state index in [1.807, 2.05) is 44.0 Å². The van der Waals surface area contributed by atoms with Crippen LogP contribution in [0.1, 0.15) is 37.9 Å². The highest BCUT2D eigenvalue weighted by Gasteiger charge is 2.48. The van der Waals surface area contributed by atoms with Gasteiger partial charge in [0.2, 0.25) is 5.91 Å². The van der Waals surface area contributed by atoms with Crippen molar-refractivity contribution in [1.82, 2.24) is 9.88 Å². The predicted octanol–water partition coefficient (Wildman–Crippen LogP) is 5.10. The van der Waals surface area contributed by atoms with Crippen LogP contribution in [0.5, 0.6) is 0 Å². The number of carbonyl (C=O) groups excluding carboxylic acids is 1. The first-order chi connectivity index (χ1) is 13.7. The van der Waals surface area contributed by atoms with Gasteiger partial charge in [-0.25, -0.2) is 0 Å². The van der Waals surface area contributed by atoms with Crippen LogP contribution in [-0.2, 0) is 10.2 Å². The van der Waals surface area contributed by atoms with Gasteiger partial charge in [0.25, 0.3) is 0 Å². The molecule has 0 N–H and O–H groups in total. The van der Waals surface area contributed by atoms with E-state index in [0.29, 0.717) is 10.0 Å². The van der Waals surface area contributed by atoms with Gasteiger partial charge in [0, 0.05) is 59.2 Å². The van der Waals surface area contributed by atoms with Gasteiger partial charge < -0.3 is 9.80 Å². The SMILES string of the molecule is Cc1cc(N2CC3(CCCN(C(=O)C(C)(C)c4cc(Cl)cc(Cl)c4)C3)C2)ccn1. The fourth-order valence-electron chi connectivity index (χ4n) is 4.75. The third kappa shape index (κ3) is 3.97. The zero-order chi connectivity index (χ0) is 20.8. The Labute approximate surface area is 182 Å². The highest BCUT2D eigenvalue weighted by Crippen LogP contribution is 2.42. The van der Waals surface area contributed by atoms with Crippen LogP contribution in [0, 0.1) is 12.3 Å². The van der Waals surface area contributed by atoms with Crippen molar-refractivity contribution in [2.24, 2.45) is 5.41 Å². The lowest BCUT2D eigenvalue weighted by Gasteiger charge is -2.56. The molecular weight excluding hydrogens is 405 g/mol. The number of rotatable bonds is 3. The smallest absolute Gasteiger partial charge is 0.232 e. The third-order valence-electron chi connectivity index (χ3n) is 6.37. The number of aromatic nitrogens is 1. The van der Waals surface area contributed by atoms with Gasteiger partial charge in [-0.15, -0.1) is 0 Å². The summed E-state index contributed by atoms with van der Waals surface area (Å²) in [7, 11) is 0. The fraction of sp³-hybridized carbons (Fsp3) is 0.478. The van der Waals surface area contributed by atoms with E-state index in [1.54, 1.807) is 6.07 Å². The van der Waals surface area contributed by atoms with Crippen LogP contribution in [0.25, 0.3) is 0 Å². The van der Waals surface area contributed by atoms with Gasteiger partial charge in [-0.3, -0.25) is 9.78 Å². The Morgan fingerprint density at radius 3 is 2.45 bits per heavy atom. The van der Waals surface area contributed by atoms with Crippen LogP contribution < -0.4 is 4.90 Å². The van der Waals surface area contributed by atoms with Crippen molar-refractivity contribution in [2.45, 2.75) is 39.0 Å². The molecule has 0 bridgehead atoms. The molecule has 1 aromatic carbocycles. The lowest BCUT2D eigenvalue weighted by molar-refractivity contribution is -0.140. The second-order valence-electron chi connectivity index (χ2n) is 9.12. The maximum Gasteiger partial charge on any atom is 0.232 e. The fourth-order valence-corrected chi connectivity index (χ4v) is 5.27. The molecule has 0 unspecified atom stereocenters. The topological polar surface area (TPSA) is 36.4 Å². The second kappa shape index (κ2) is 7.48. The van der Waals surface area contributed by atoms with Crippen LogP contribution in [0.3, 0.4) is 0 Å². The zero-order valence-electron chi connectivity index (χ0n) is 17.2. The molecule has 2 saturated heterocycles. The first-order valence-corrected chi connectivity index (χ1v) is 10.9. The molecule has 0 atom stereocenters. The van der Waals surface area contributed by atoms with Crippen molar-refractivity contribution in [2.75, 3.05) is 31.1 Å². The number of amides is 1.